The zero-order chi connectivity index (χ0) is 12.3. The third-order valence-electron chi connectivity index (χ3n) is 2.13. The summed E-state index contributed by atoms with van der Waals surface area (Å²) < 4.78 is 0.507. The largest absolute Gasteiger partial charge is 0.371 e. The molecule has 0 saturated carbocycles. The monoisotopic (exact) mass is 288 g/mol. The summed E-state index contributed by atoms with van der Waals surface area (Å²) in [6.07, 6.45) is 3.36. The van der Waals surface area contributed by atoms with Crippen molar-refractivity contribution in [3.8, 4) is 0 Å². The number of thiazole rings is 1. The van der Waals surface area contributed by atoms with E-state index in [-0.39, 0.29) is 0 Å². The summed E-state index contributed by atoms with van der Waals surface area (Å²) in [6.45, 7) is 1.02. The van der Waals surface area contributed by atoms with Crippen LogP contribution in [0, 0.1) is 0 Å². The first kappa shape index (κ1) is 12.6. The minimum Gasteiger partial charge on any atom is -0.371 e. The lowest BCUT2D eigenvalue weighted by atomic mass is 10.2. The van der Waals surface area contributed by atoms with Gasteiger partial charge in [-0.2, -0.15) is 0 Å². The lowest BCUT2D eigenvalue weighted by molar-refractivity contribution is 1.02. The number of rotatable bonds is 4. The van der Waals surface area contributed by atoms with Crippen LogP contribution in [0.4, 0.5) is 5.00 Å². The molecule has 0 spiro atoms. The van der Waals surface area contributed by atoms with Crippen LogP contribution in [0.2, 0.25) is 9.62 Å². The smallest absolute Gasteiger partial charge is 0.185 e. The Morgan fingerprint density at radius 3 is 2.76 bits per heavy atom. The van der Waals surface area contributed by atoms with E-state index in [2.05, 4.69) is 15.3 Å². The fraction of sp³-hybridized carbons (Fsp3) is 0.200. The Hall–Kier alpha value is -0.880. The molecule has 0 bridgehead atoms. The maximum atomic E-state index is 5.99. The second-order valence-corrected chi connectivity index (χ2v) is 5.30. The number of nitrogens with zero attached hydrogens (tertiary/aromatic N) is 2. The highest BCUT2D eigenvalue weighted by Crippen LogP contribution is 2.24. The van der Waals surface area contributed by atoms with Crippen molar-refractivity contribution in [3.05, 3.63) is 39.2 Å². The zero-order valence-corrected chi connectivity index (χ0v) is 11.1. The van der Waals surface area contributed by atoms with E-state index < -0.39 is 0 Å². The molecule has 0 amide bonds. The van der Waals surface area contributed by atoms with Crippen LogP contribution in [0.5, 0.6) is 0 Å². The third-order valence-corrected chi connectivity index (χ3v) is 3.55. The molecule has 17 heavy (non-hydrogen) atoms. The lowest BCUT2D eigenvalue weighted by Gasteiger charge is -2.06. The summed E-state index contributed by atoms with van der Waals surface area (Å²) >= 11 is 13.1. The number of halogens is 2. The van der Waals surface area contributed by atoms with E-state index in [0.29, 0.717) is 22.7 Å². The molecule has 2 rings (SSSR count). The summed E-state index contributed by atoms with van der Waals surface area (Å²) in [5, 5.41) is 4.55. The highest BCUT2D eigenvalue weighted by Gasteiger charge is 2.04. The number of nitrogens with one attached hydrogen (secondary N) is 1. The Balaban J connectivity index is 2.07. The summed E-state index contributed by atoms with van der Waals surface area (Å²) in [5.74, 6) is 0. The zero-order valence-electron chi connectivity index (χ0n) is 8.78. The normalized spacial score (nSPS) is 10.5. The molecule has 90 valence electrons. The number of anilines is 1. The van der Waals surface area contributed by atoms with Crippen molar-refractivity contribution >= 4 is 39.5 Å². The van der Waals surface area contributed by atoms with Gasteiger partial charge in [-0.15, -0.1) is 0 Å². The van der Waals surface area contributed by atoms with Gasteiger partial charge in [0.05, 0.1) is 6.20 Å². The predicted molar refractivity (Wildman–Crippen MR) is 71.6 cm³/mol. The van der Waals surface area contributed by atoms with Gasteiger partial charge in [0.25, 0.3) is 0 Å². The maximum absolute atomic E-state index is 5.99. The number of pyridine rings is 1. The fourth-order valence-electron chi connectivity index (χ4n) is 1.30. The van der Waals surface area contributed by atoms with Crippen molar-refractivity contribution in [2.24, 2.45) is 5.73 Å². The highest BCUT2D eigenvalue weighted by molar-refractivity contribution is 7.19. The van der Waals surface area contributed by atoms with Crippen molar-refractivity contribution in [3.63, 3.8) is 0 Å². The average Bonchev–Trinajstić information content (AvgIpc) is 2.74. The van der Waals surface area contributed by atoms with Gasteiger partial charge in [0.15, 0.2) is 4.47 Å². The Bertz CT molecular complexity index is 515. The molecule has 0 unspecified atom stereocenters. The third kappa shape index (κ3) is 3.29. The Kier molecular flexibility index (Phi) is 4.17. The first-order valence-corrected chi connectivity index (χ1v) is 6.45. The average molecular weight is 289 g/mol. The summed E-state index contributed by atoms with van der Waals surface area (Å²) in [5.41, 5.74) is 7.40. The first-order chi connectivity index (χ1) is 8.19. The molecule has 2 aromatic rings. The van der Waals surface area contributed by atoms with Gasteiger partial charge in [0.2, 0.25) is 0 Å². The molecule has 0 aromatic carbocycles. The number of hydrogen-bond acceptors (Lipinski definition) is 5. The van der Waals surface area contributed by atoms with E-state index in [4.69, 9.17) is 28.9 Å². The second-order valence-electron chi connectivity index (χ2n) is 3.33. The molecular weight excluding hydrogens is 279 g/mol. The molecule has 0 fully saturated rings. The molecule has 4 nitrogen and oxygen atoms in total. The highest BCUT2D eigenvalue weighted by atomic mass is 35.5. The molecule has 2 heterocycles. The topological polar surface area (TPSA) is 63.8 Å². The minimum absolute atomic E-state index is 0.448. The summed E-state index contributed by atoms with van der Waals surface area (Å²) in [4.78, 5) is 8.01. The Morgan fingerprint density at radius 1 is 1.29 bits per heavy atom. The van der Waals surface area contributed by atoms with Gasteiger partial charge in [0, 0.05) is 24.8 Å². The van der Waals surface area contributed by atoms with E-state index in [1.165, 1.54) is 11.3 Å². The maximum Gasteiger partial charge on any atom is 0.185 e. The Morgan fingerprint density at radius 2 is 2.12 bits per heavy atom. The van der Waals surface area contributed by atoms with Gasteiger partial charge in [-0.3, -0.25) is 0 Å². The molecule has 0 saturated heterocycles. The van der Waals surface area contributed by atoms with Crippen LogP contribution in [0.3, 0.4) is 0 Å². The van der Waals surface area contributed by atoms with Crippen molar-refractivity contribution in [2.45, 2.75) is 13.1 Å². The van der Waals surface area contributed by atoms with Crippen LogP contribution in [-0.2, 0) is 13.1 Å². The number of aromatic nitrogens is 2. The van der Waals surface area contributed by atoms with Gasteiger partial charge in [-0.25, -0.2) is 9.97 Å². The molecule has 0 radical (unpaired) electrons. The Labute approximate surface area is 113 Å². The van der Waals surface area contributed by atoms with Crippen LogP contribution < -0.4 is 11.1 Å². The molecule has 3 N–H and O–H groups in total. The molecule has 0 aliphatic carbocycles. The number of hydrogen-bond donors (Lipinski definition) is 2. The molecule has 7 heteroatoms. The van der Waals surface area contributed by atoms with Gasteiger partial charge in [-0.1, -0.05) is 34.5 Å². The van der Waals surface area contributed by atoms with Crippen molar-refractivity contribution in [1.29, 1.82) is 0 Å². The standard InChI is InChI=1S/C10H10Cl2N4S/c11-9-7(1-6(2-13)3-15-9)4-14-8-5-16-10(12)17-8/h1,3,5,14H,2,4,13H2. The van der Waals surface area contributed by atoms with Crippen LogP contribution in [0.1, 0.15) is 11.1 Å². The van der Waals surface area contributed by atoms with Gasteiger partial charge in [0.1, 0.15) is 10.2 Å². The lowest BCUT2D eigenvalue weighted by Crippen LogP contribution is -2.03. The van der Waals surface area contributed by atoms with E-state index in [0.717, 1.165) is 16.1 Å². The minimum atomic E-state index is 0.448. The molecule has 2 aromatic heterocycles. The van der Waals surface area contributed by atoms with E-state index in [9.17, 15) is 0 Å². The SMILES string of the molecule is NCc1cnc(Cl)c(CNc2cnc(Cl)s2)c1. The van der Waals surface area contributed by atoms with E-state index in [1.54, 1.807) is 12.4 Å². The van der Waals surface area contributed by atoms with E-state index >= 15 is 0 Å². The van der Waals surface area contributed by atoms with Crippen molar-refractivity contribution in [2.75, 3.05) is 5.32 Å². The fourth-order valence-corrected chi connectivity index (χ4v) is 2.30. The first-order valence-electron chi connectivity index (χ1n) is 4.87. The van der Waals surface area contributed by atoms with Crippen LogP contribution in [0.15, 0.2) is 18.5 Å². The molecule has 0 aliphatic heterocycles. The van der Waals surface area contributed by atoms with Gasteiger partial charge >= 0.3 is 0 Å². The summed E-state index contributed by atoms with van der Waals surface area (Å²) in [7, 11) is 0. The van der Waals surface area contributed by atoms with Gasteiger partial charge < -0.3 is 11.1 Å². The molecule has 0 aliphatic rings. The second kappa shape index (κ2) is 5.64. The number of nitrogens with two attached hydrogens (primary N) is 1. The van der Waals surface area contributed by atoms with Crippen LogP contribution in [-0.4, -0.2) is 9.97 Å². The molecular formula is C10H10Cl2N4S. The predicted octanol–water partition coefficient (Wildman–Crippen LogP) is 2.92. The van der Waals surface area contributed by atoms with Gasteiger partial charge in [-0.05, 0) is 11.6 Å². The van der Waals surface area contributed by atoms with Crippen molar-refractivity contribution < 1.29 is 0 Å². The summed E-state index contributed by atoms with van der Waals surface area (Å²) in [6, 6.07) is 1.94. The molecule has 0 atom stereocenters. The van der Waals surface area contributed by atoms with E-state index in [1.807, 2.05) is 6.07 Å². The van der Waals surface area contributed by atoms with Crippen LogP contribution in [0.25, 0.3) is 0 Å². The van der Waals surface area contributed by atoms with Crippen molar-refractivity contribution in [1.82, 2.24) is 9.97 Å². The quantitative estimate of drug-likeness (QED) is 0.849. The van der Waals surface area contributed by atoms with Crippen LogP contribution >= 0.6 is 34.5 Å².